The molecule has 0 aromatic heterocycles. The smallest absolute Gasteiger partial charge is 0.328 e. The van der Waals surface area contributed by atoms with Crippen molar-refractivity contribution in [2.24, 2.45) is 5.92 Å². The molecule has 25 heavy (non-hydrogen) atoms. The van der Waals surface area contributed by atoms with Gasteiger partial charge in [0.15, 0.2) is 0 Å². The van der Waals surface area contributed by atoms with Crippen molar-refractivity contribution in [3.8, 4) is 0 Å². The number of carbonyl (C=O) groups excluding carboxylic acids is 2. The third kappa shape index (κ3) is 4.33. The first kappa shape index (κ1) is 17.8. The number of benzene rings is 1. The summed E-state index contributed by atoms with van der Waals surface area (Å²) in [6, 6.07) is 9.97. The molecule has 3 rings (SSSR count). The molecule has 0 saturated carbocycles. The van der Waals surface area contributed by atoms with Crippen molar-refractivity contribution in [3.05, 3.63) is 30.3 Å². The van der Waals surface area contributed by atoms with Crippen LogP contribution < -0.4 is 4.90 Å². The van der Waals surface area contributed by atoms with E-state index < -0.39 is 0 Å². The Kier molecular flexibility index (Phi) is 5.95. The van der Waals surface area contributed by atoms with Crippen molar-refractivity contribution >= 4 is 17.6 Å². The molecule has 2 fully saturated rings. The predicted molar refractivity (Wildman–Crippen MR) is 97.4 cm³/mol. The Balaban J connectivity index is 1.47. The molecule has 1 amide bonds. The van der Waals surface area contributed by atoms with Gasteiger partial charge in [-0.2, -0.15) is 0 Å². The van der Waals surface area contributed by atoms with Gasteiger partial charge in [0.05, 0.1) is 6.61 Å². The van der Waals surface area contributed by atoms with E-state index >= 15 is 0 Å². The maximum Gasteiger partial charge on any atom is 0.328 e. The monoisotopic (exact) mass is 344 g/mol. The second kappa shape index (κ2) is 8.37. The highest BCUT2D eigenvalue weighted by atomic mass is 16.5. The number of hydrogen-bond acceptors (Lipinski definition) is 4. The summed E-state index contributed by atoms with van der Waals surface area (Å²) in [5, 5.41) is 0. The number of likely N-dealkylation sites (tertiary alicyclic amines) is 1. The molecule has 2 saturated heterocycles. The minimum Gasteiger partial charge on any atom is -0.464 e. The highest BCUT2D eigenvalue weighted by Gasteiger charge is 2.35. The third-order valence-corrected chi connectivity index (χ3v) is 5.18. The Labute approximate surface area is 149 Å². The van der Waals surface area contributed by atoms with Gasteiger partial charge < -0.3 is 14.5 Å². The predicted octanol–water partition coefficient (Wildman–Crippen LogP) is 2.85. The molecular formula is C20H28N2O3. The zero-order chi connectivity index (χ0) is 17.6. The Morgan fingerprint density at radius 3 is 2.72 bits per heavy atom. The van der Waals surface area contributed by atoms with Crippen LogP contribution in [0.25, 0.3) is 0 Å². The molecule has 1 aromatic rings. The second-order valence-corrected chi connectivity index (χ2v) is 7.06. The van der Waals surface area contributed by atoms with Crippen molar-refractivity contribution in [2.45, 2.75) is 45.1 Å². The zero-order valence-corrected chi connectivity index (χ0v) is 15.0. The molecule has 5 nitrogen and oxygen atoms in total. The lowest BCUT2D eigenvalue weighted by atomic mass is 10.1. The average Bonchev–Trinajstić information content (AvgIpc) is 3.30. The van der Waals surface area contributed by atoms with Gasteiger partial charge in [0.1, 0.15) is 6.04 Å². The minimum atomic E-state index is -0.370. The van der Waals surface area contributed by atoms with Gasteiger partial charge in [-0.1, -0.05) is 25.1 Å². The van der Waals surface area contributed by atoms with Crippen molar-refractivity contribution in [2.75, 3.05) is 31.1 Å². The Morgan fingerprint density at radius 2 is 1.96 bits per heavy atom. The van der Waals surface area contributed by atoms with Crippen LogP contribution in [0.2, 0.25) is 0 Å². The molecule has 2 atom stereocenters. The third-order valence-electron chi connectivity index (χ3n) is 5.18. The summed E-state index contributed by atoms with van der Waals surface area (Å²) in [4.78, 5) is 28.6. The molecule has 1 aromatic carbocycles. The SMILES string of the molecule is CCCC(=O)N1CCC[C@@H]1C(=O)OC[C@H]1CCN(c2ccccc2)C1. The summed E-state index contributed by atoms with van der Waals surface area (Å²) in [6.07, 6.45) is 3.98. The molecule has 0 bridgehead atoms. The van der Waals surface area contributed by atoms with E-state index in [2.05, 4.69) is 17.0 Å². The van der Waals surface area contributed by atoms with Gasteiger partial charge in [0.2, 0.25) is 5.91 Å². The van der Waals surface area contributed by atoms with Crippen molar-refractivity contribution in [1.29, 1.82) is 0 Å². The minimum absolute atomic E-state index is 0.0815. The van der Waals surface area contributed by atoms with Gasteiger partial charge in [-0.3, -0.25) is 4.79 Å². The van der Waals surface area contributed by atoms with Crippen LogP contribution in [-0.2, 0) is 14.3 Å². The van der Waals surface area contributed by atoms with Crippen molar-refractivity contribution in [3.63, 3.8) is 0 Å². The summed E-state index contributed by atoms with van der Waals surface area (Å²) in [7, 11) is 0. The topological polar surface area (TPSA) is 49.9 Å². The summed E-state index contributed by atoms with van der Waals surface area (Å²) in [6.45, 7) is 5.04. The number of amides is 1. The van der Waals surface area contributed by atoms with Crippen LogP contribution in [0.15, 0.2) is 30.3 Å². The lowest BCUT2D eigenvalue weighted by molar-refractivity contribution is -0.154. The van der Waals surface area contributed by atoms with Gasteiger partial charge in [-0.15, -0.1) is 0 Å². The summed E-state index contributed by atoms with van der Waals surface area (Å²) in [5.74, 6) is 0.225. The lowest BCUT2D eigenvalue weighted by Gasteiger charge is -2.24. The molecule has 0 radical (unpaired) electrons. The molecule has 0 spiro atoms. The van der Waals surface area contributed by atoms with Crippen LogP contribution in [-0.4, -0.2) is 49.1 Å². The number of para-hydroxylation sites is 1. The first-order valence-corrected chi connectivity index (χ1v) is 9.45. The van der Waals surface area contributed by atoms with E-state index in [1.165, 1.54) is 5.69 Å². The average molecular weight is 344 g/mol. The number of carbonyl (C=O) groups is 2. The quantitative estimate of drug-likeness (QED) is 0.745. The van der Waals surface area contributed by atoms with Crippen LogP contribution in [0, 0.1) is 5.92 Å². The molecular weight excluding hydrogens is 316 g/mol. The fourth-order valence-corrected chi connectivity index (χ4v) is 3.81. The Bertz CT molecular complexity index is 590. The van der Waals surface area contributed by atoms with E-state index in [-0.39, 0.29) is 17.9 Å². The number of rotatable bonds is 6. The summed E-state index contributed by atoms with van der Waals surface area (Å²) < 4.78 is 5.59. The van der Waals surface area contributed by atoms with Crippen LogP contribution >= 0.6 is 0 Å². The highest BCUT2D eigenvalue weighted by Crippen LogP contribution is 2.25. The standard InChI is InChI=1S/C20H28N2O3/c1-2-7-19(23)22-12-6-10-18(22)20(24)25-15-16-11-13-21(14-16)17-8-4-3-5-9-17/h3-5,8-9,16,18H,2,6-7,10-15H2,1H3/t16-,18+/m0/s1. The number of hydrogen-bond donors (Lipinski definition) is 0. The largest absolute Gasteiger partial charge is 0.464 e. The van der Waals surface area contributed by atoms with E-state index in [0.717, 1.165) is 38.8 Å². The number of esters is 1. The van der Waals surface area contributed by atoms with Crippen molar-refractivity contribution < 1.29 is 14.3 Å². The van der Waals surface area contributed by atoms with Crippen molar-refractivity contribution in [1.82, 2.24) is 4.90 Å². The van der Waals surface area contributed by atoms with Crippen LogP contribution in [0.5, 0.6) is 0 Å². The van der Waals surface area contributed by atoms with E-state index in [0.29, 0.717) is 25.5 Å². The summed E-state index contributed by atoms with van der Waals surface area (Å²) in [5.41, 5.74) is 1.23. The van der Waals surface area contributed by atoms with Crippen LogP contribution in [0.4, 0.5) is 5.69 Å². The van der Waals surface area contributed by atoms with Crippen LogP contribution in [0.1, 0.15) is 39.0 Å². The van der Waals surface area contributed by atoms with Gasteiger partial charge in [-0.25, -0.2) is 4.79 Å². The highest BCUT2D eigenvalue weighted by molar-refractivity contribution is 5.85. The van der Waals surface area contributed by atoms with Gasteiger partial charge >= 0.3 is 5.97 Å². The van der Waals surface area contributed by atoms with E-state index in [1.54, 1.807) is 4.90 Å². The zero-order valence-electron chi connectivity index (χ0n) is 15.0. The molecule has 0 unspecified atom stereocenters. The van der Waals surface area contributed by atoms with Crippen LogP contribution in [0.3, 0.4) is 0 Å². The molecule has 2 aliphatic heterocycles. The molecule has 2 heterocycles. The normalized spacial score (nSPS) is 23.1. The maximum atomic E-state index is 12.4. The fraction of sp³-hybridized carbons (Fsp3) is 0.600. The fourth-order valence-electron chi connectivity index (χ4n) is 3.81. The maximum absolute atomic E-state index is 12.4. The van der Waals surface area contributed by atoms with Gasteiger partial charge in [0.25, 0.3) is 0 Å². The molecule has 5 heteroatoms. The second-order valence-electron chi connectivity index (χ2n) is 7.06. The van der Waals surface area contributed by atoms with E-state index in [9.17, 15) is 9.59 Å². The van der Waals surface area contributed by atoms with Gasteiger partial charge in [0, 0.05) is 37.7 Å². The number of anilines is 1. The summed E-state index contributed by atoms with van der Waals surface area (Å²) >= 11 is 0. The molecule has 136 valence electrons. The number of nitrogens with zero attached hydrogens (tertiary/aromatic N) is 2. The first-order chi connectivity index (χ1) is 12.2. The lowest BCUT2D eigenvalue weighted by Crippen LogP contribution is -2.41. The van der Waals surface area contributed by atoms with E-state index in [1.807, 2.05) is 25.1 Å². The molecule has 2 aliphatic rings. The van der Waals surface area contributed by atoms with E-state index in [4.69, 9.17) is 4.74 Å². The number of ether oxygens (including phenoxy) is 1. The Hall–Kier alpha value is -2.04. The van der Waals surface area contributed by atoms with Gasteiger partial charge in [-0.05, 0) is 37.8 Å². The Morgan fingerprint density at radius 1 is 1.16 bits per heavy atom. The first-order valence-electron chi connectivity index (χ1n) is 9.45. The molecule has 0 aliphatic carbocycles. The molecule has 0 N–H and O–H groups in total.